The van der Waals surface area contributed by atoms with Gasteiger partial charge in [0.1, 0.15) is 17.8 Å². The number of fused-ring (bicyclic) bond motifs is 2. The van der Waals surface area contributed by atoms with Crippen molar-refractivity contribution < 1.29 is 19.4 Å². The van der Waals surface area contributed by atoms with E-state index in [2.05, 4.69) is 10.3 Å². The van der Waals surface area contributed by atoms with E-state index in [1.165, 1.54) is 4.57 Å². The SMILES string of the molecule is CC[C@]12CO[C@@H](C1O)[C@H](n1cc(I)c(NC(=O)c3ccccc3)nc1=O)O2. The number of ether oxygens (including phenoxy) is 2. The van der Waals surface area contributed by atoms with Crippen molar-refractivity contribution in [1.82, 2.24) is 9.55 Å². The second-order valence-corrected chi connectivity index (χ2v) is 7.76. The van der Waals surface area contributed by atoms with Crippen molar-refractivity contribution in [3.05, 3.63) is 56.1 Å². The van der Waals surface area contributed by atoms with Crippen molar-refractivity contribution in [2.24, 2.45) is 0 Å². The lowest BCUT2D eigenvalue weighted by atomic mass is 9.96. The summed E-state index contributed by atoms with van der Waals surface area (Å²) in [7, 11) is 0. The topological polar surface area (TPSA) is 103 Å². The lowest BCUT2D eigenvalue weighted by Gasteiger charge is -2.30. The Morgan fingerprint density at radius 2 is 2.19 bits per heavy atom. The smallest absolute Gasteiger partial charge is 0.351 e. The van der Waals surface area contributed by atoms with Crippen LogP contribution < -0.4 is 11.0 Å². The van der Waals surface area contributed by atoms with Crippen LogP contribution in [0, 0.1) is 3.57 Å². The normalized spacial score (nSPS) is 29.1. The summed E-state index contributed by atoms with van der Waals surface area (Å²) >= 11 is 1.99. The standard InChI is InChI=1S/C18H18IN3O5/c1-2-18-9-26-12(13(18)23)16(27-18)22-8-11(19)14(21-17(22)25)20-15(24)10-6-4-3-5-7-10/h3-8,12-13,16,23H,2,9H2,1H3,(H,20,21,24,25)/t12-,13?,16+,18-/m0/s1. The van der Waals surface area contributed by atoms with Gasteiger partial charge >= 0.3 is 5.69 Å². The molecule has 0 saturated carbocycles. The molecule has 2 fully saturated rings. The van der Waals surface area contributed by atoms with Crippen LogP contribution in [0.25, 0.3) is 0 Å². The molecule has 2 aromatic rings. The lowest BCUT2D eigenvalue weighted by Crippen LogP contribution is -2.40. The Morgan fingerprint density at radius 1 is 1.44 bits per heavy atom. The minimum Gasteiger partial charge on any atom is -0.387 e. The summed E-state index contributed by atoms with van der Waals surface area (Å²) in [6, 6.07) is 8.68. The molecule has 1 unspecified atom stereocenters. The van der Waals surface area contributed by atoms with Crippen LogP contribution in [0.1, 0.15) is 29.9 Å². The average molecular weight is 483 g/mol. The summed E-state index contributed by atoms with van der Waals surface area (Å²) in [5.74, 6) is -0.168. The third kappa shape index (κ3) is 3.08. The Morgan fingerprint density at radius 3 is 2.85 bits per heavy atom. The number of carbonyl (C=O) groups is 1. The van der Waals surface area contributed by atoms with E-state index in [0.717, 1.165) is 0 Å². The Labute approximate surface area is 168 Å². The predicted molar refractivity (Wildman–Crippen MR) is 104 cm³/mol. The minimum absolute atomic E-state index is 0.181. The third-order valence-corrected chi connectivity index (χ3v) is 5.84. The second kappa shape index (κ2) is 6.97. The van der Waals surface area contributed by atoms with Gasteiger partial charge in [-0.25, -0.2) is 4.79 Å². The van der Waals surface area contributed by atoms with Crippen molar-refractivity contribution >= 4 is 34.3 Å². The molecule has 0 aliphatic carbocycles. The van der Waals surface area contributed by atoms with E-state index in [4.69, 9.17) is 9.47 Å². The first kappa shape index (κ1) is 18.5. The fourth-order valence-electron chi connectivity index (χ4n) is 3.46. The number of benzene rings is 1. The van der Waals surface area contributed by atoms with Gasteiger partial charge in [-0.15, -0.1) is 0 Å². The number of amides is 1. The highest BCUT2D eigenvalue weighted by Crippen LogP contribution is 2.46. The van der Waals surface area contributed by atoms with Gasteiger partial charge < -0.3 is 19.9 Å². The van der Waals surface area contributed by atoms with Crippen molar-refractivity contribution in [1.29, 1.82) is 0 Å². The molecule has 2 aliphatic heterocycles. The summed E-state index contributed by atoms with van der Waals surface area (Å²) in [5, 5.41) is 13.1. The molecular weight excluding hydrogens is 465 g/mol. The quantitative estimate of drug-likeness (QED) is 0.640. The molecule has 3 heterocycles. The van der Waals surface area contributed by atoms with Gasteiger partial charge in [-0.1, -0.05) is 25.1 Å². The van der Waals surface area contributed by atoms with Gasteiger partial charge in [-0.3, -0.25) is 9.36 Å². The molecule has 1 aromatic carbocycles. The van der Waals surface area contributed by atoms with Crippen LogP contribution in [0.3, 0.4) is 0 Å². The Kier molecular flexibility index (Phi) is 4.78. The molecule has 27 heavy (non-hydrogen) atoms. The van der Waals surface area contributed by atoms with E-state index < -0.39 is 29.7 Å². The van der Waals surface area contributed by atoms with Gasteiger partial charge in [-0.05, 0) is 41.1 Å². The fourth-order valence-corrected chi connectivity index (χ4v) is 4.01. The number of anilines is 1. The minimum atomic E-state index is -0.797. The Hall–Kier alpha value is -1.82. The fraction of sp³-hybridized carbons (Fsp3) is 0.389. The van der Waals surface area contributed by atoms with Crippen molar-refractivity contribution in [2.75, 3.05) is 11.9 Å². The van der Waals surface area contributed by atoms with Crippen LogP contribution in [0.15, 0.2) is 41.3 Å². The van der Waals surface area contributed by atoms with Crippen LogP contribution in [0.2, 0.25) is 0 Å². The summed E-state index contributed by atoms with van der Waals surface area (Å²) in [5.41, 5.74) is -0.907. The van der Waals surface area contributed by atoms with E-state index in [0.29, 0.717) is 22.2 Å². The Bertz CT molecular complexity index is 934. The first-order valence-electron chi connectivity index (χ1n) is 8.58. The summed E-state index contributed by atoms with van der Waals surface area (Å²) < 4.78 is 13.5. The summed E-state index contributed by atoms with van der Waals surface area (Å²) in [6.45, 7) is 2.21. The van der Waals surface area contributed by atoms with Crippen LogP contribution in [-0.4, -0.2) is 45.0 Å². The van der Waals surface area contributed by atoms with Crippen molar-refractivity contribution in [3.63, 3.8) is 0 Å². The molecule has 1 amide bonds. The Balaban J connectivity index is 1.60. The molecule has 9 heteroatoms. The molecule has 2 bridgehead atoms. The molecule has 8 nitrogen and oxygen atoms in total. The van der Waals surface area contributed by atoms with Gasteiger partial charge in [0, 0.05) is 11.8 Å². The van der Waals surface area contributed by atoms with Crippen molar-refractivity contribution in [2.45, 2.75) is 37.4 Å². The summed E-state index contributed by atoms with van der Waals surface area (Å²) in [4.78, 5) is 28.8. The number of aliphatic hydroxyl groups excluding tert-OH is 1. The van der Waals surface area contributed by atoms with Crippen LogP contribution >= 0.6 is 22.6 Å². The largest absolute Gasteiger partial charge is 0.387 e. The highest BCUT2D eigenvalue weighted by Gasteiger charge is 2.60. The zero-order valence-electron chi connectivity index (χ0n) is 14.5. The maximum Gasteiger partial charge on any atom is 0.351 e. The van der Waals surface area contributed by atoms with Gasteiger partial charge in [0.05, 0.1) is 10.2 Å². The average Bonchev–Trinajstić information content (AvgIpc) is 3.15. The molecule has 1 aromatic heterocycles. The third-order valence-electron chi connectivity index (χ3n) is 5.05. The molecule has 2 aliphatic rings. The zero-order chi connectivity index (χ0) is 19.2. The maximum atomic E-state index is 12.6. The van der Waals surface area contributed by atoms with Gasteiger partial charge in [-0.2, -0.15) is 4.98 Å². The molecular formula is C18H18IN3O5. The molecule has 4 rings (SSSR count). The van der Waals surface area contributed by atoms with E-state index in [9.17, 15) is 14.7 Å². The number of halogens is 1. The lowest BCUT2D eigenvalue weighted by molar-refractivity contribution is -0.175. The second-order valence-electron chi connectivity index (χ2n) is 6.59. The maximum absolute atomic E-state index is 12.6. The number of nitrogens with zero attached hydrogens (tertiary/aromatic N) is 2. The molecule has 2 N–H and O–H groups in total. The van der Waals surface area contributed by atoms with Gasteiger partial charge in [0.25, 0.3) is 5.91 Å². The zero-order valence-corrected chi connectivity index (χ0v) is 16.6. The molecule has 0 spiro atoms. The van der Waals surface area contributed by atoms with Gasteiger partial charge in [0.2, 0.25) is 0 Å². The highest BCUT2D eigenvalue weighted by molar-refractivity contribution is 14.1. The van der Waals surface area contributed by atoms with E-state index in [1.54, 1.807) is 30.5 Å². The first-order valence-corrected chi connectivity index (χ1v) is 9.65. The number of aromatic nitrogens is 2. The van der Waals surface area contributed by atoms with Crippen LogP contribution in [-0.2, 0) is 9.47 Å². The monoisotopic (exact) mass is 483 g/mol. The number of hydrogen-bond donors (Lipinski definition) is 2. The molecule has 4 atom stereocenters. The van der Waals surface area contributed by atoms with Crippen LogP contribution in [0.4, 0.5) is 5.82 Å². The molecule has 2 saturated heterocycles. The number of rotatable bonds is 4. The van der Waals surface area contributed by atoms with E-state index in [1.807, 2.05) is 35.6 Å². The predicted octanol–water partition coefficient (Wildman–Crippen LogP) is 1.54. The molecule has 142 valence electrons. The number of carbonyl (C=O) groups excluding carboxylic acids is 1. The summed E-state index contributed by atoms with van der Waals surface area (Å²) in [6.07, 6.45) is -0.0342. The van der Waals surface area contributed by atoms with E-state index >= 15 is 0 Å². The van der Waals surface area contributed by atoms with Gasteiger partial charge in [0.15, 0.2) is 12.0 Å². The molecule has 0 radical (unpaired) electrons. The number of hydrogen-bond acceptors (Lipinski definition) is 6. The number of nitrogens with one attached hydrogen (secondary N) is 1. The van der Waals surface area contributed by atoms with Crippen molar-refractivity contribution in [3.8, 4) is 0 Å². The highest BCUT2D eigenvalue weighted by atomic mass is 127. The first-order chi connectivity index (χ1) is 12.9. The van der Waals surface area contributed by atoms with Crippen LogP contribution in [0.5, 0.6) is 0 Å². The number of aliphatic hydroxyl groups is 1. The van der Waals surface area contributed by atoms with E-state index in [-0.39, 0.29) is 11.7 Å².